The zero-order valence-electron chi connectivity index (χ0n) is 15.4. The summed E-state index contributed by atoms with van der Waals surface area (Å²) in [5.41, 5.74) is 3.34. The smallest absolute Gasteiger partial charge is 0.315 e. The maximum Gasteiger partial charge on any atom is 0.315 e. The Morgan fingerprint density at radius 1 is 1.08 bits per heavy atom. The molecule has 0 aliphatic carbocycles. The highest BCUT2D eigenvalue weighted by molar-refractivity contribution is 5.74. The Hall–Kier alpha value is -2.53. The van der Waals surface area contributed by atoms with Crippen molar-refractivity contribution in [1.29, 1.82) is 0 Å². The fourth-order valence-corrected chi connectivity index (χ4v) is 2.75. The van der Waals surface area contributed by atoms with Crippen LogP contribution in [0.4, 0.5) is 4.79 Å². The van der Waals surface area contributed by atoms with Gasteiger partial charge >= 0.3 is 6.03 Å². The average molecular weight is 341 g/mol. The minimum atomic E-state index is -0.176. The van der Waals surface area contributed by atoms with Crippen LogP contribution in [-0.4, -0.2) is 38.7 Å². The molecule has 1 unspecified atom stereocenters. The lowest BCUT2D eigenvalue weighted by Gasteiger charge is -2.26. The summed E-state index contributed by atoms with van der Waals surface area (Å²) in [5.74, 6) is 0.823. The van der Waals surface area contributed by atoms with Crippen molar-refractivity contribution >= 4 is 6.03 Å². The van der Waals surface area contributed by atoms with Crippen LogP contribution in [0.5, 0.6) is 5.75 Å². The molecule has 0 aliphatic rings. The lowest BCUT2D eigenvalue weighted by Crippen LogP contribution is -2.40. The van der Waals surface area contributed by atoms with Crippen molar-refractivity contribution in [3.63, 3.8) is 0 Å². The van der Waals surface area contributed by atoms with Crippen LogP contribution in [0.2, 0.25) is 0 Å². The van der Waals surface area contributed by atoms with E-state index in [1.54, 1.807) is 7.11 Å². The number of carbonyl (C=O) groups excluding carboxylic acids is 1. The molecule has 0 radical (unpaired) electrons. The van der Waals surface area contributed by atoms with Crippen molar-refractivity contribution in [2.75, 3.05) is 27.7 Å². The number of amides is 2. The van der Waals surface area contributed by atoms with Crippen molar-refractivity contribution < 1.29 is 9.53 Å². The largest absolute Gasteiger partial charge is 0.496 e. The number of benzene rings is 2. The van der Waals surface area contributed by atoms with E-state index < -0.39 is 0 Å². The minimum Gasteiger partial charge on any atom is -0.496 e. The molecular formula is C20H27N3O2. The molecule has 5 heteroatoms. The Bertz CT molecular complexity index is 701. The van der Waals surface area contributed by atoms with Crippen molar-refractivity contribution in [1.82, 2.24) is 15.5 Å². The number of urea groups is 1. The molecule has 2 N–H and O–H groups in total. The Morgan fingerprint density at radius 2 is 1.76 bits per heavy atom. The van der Waals surface area contributed by atoms with Gasteiger partial charge in [-0.15, -0.1) is 0 Å². The van der Waals surface area contributed by atoms with E-state index in [4.69, 9.17) is 4.74 Å². The van der Waals surface area contributed by atoms with E-state index in [1.165, 1.54) is 5.56 Å². The molecule has 25 heavy (non-hydrogen) atoms. The molecule has 0 saturated heterocycles. The van der Waals surface area contributed by atoms with Crippen LogP contribution in [-0.2, 0) is 6.54 Å². The van der Waals surface area contributed by atoms with E-state index in [9.17, 15) is 4.79 Å². The number of hydrogen-bond donors (Lipinski definition) is 2. The van der Waals surface area contributed by atoms with Gasteiger partial charge in [-0.25, -0.2) is 4.79 Å². The summed E-state index contributed by atoms with van der Waals surface area (Å²) in [6.07, 6.45) is 0. The molecule has 2 aromatic rings. The van der Waals surface area contributed by atoms with E-state index in [0.717, 1.165) is 16.9 Å². The van der Waals surface area contributed by atoms with E-state index in [-0.39, 0.29) is 12.1 Å². The fraction of sp³-hybridized carbons (Fsp3) is 0.350. The van der Waals surface area contributed by atoms with Gasteiger partial charge in [0.15, 0.2) is 0 Å². The number of methoxy groups -OCH3 is 1. The summed E-state index contributed by atoms with van der Waals surface area (Å²) >= 11 is 0. The van der Waals surface area contributed by atoms with E-state index in [0.29, 0.717) is 13.1 Å². The molecule has 5 nitrogen and oxygen atoms in total. The third kappa shape index (κ3) is 5.22. The fourth-order valence-electron chi connectivity index (χ4n) is 2.75. The van der Waals surface area contributed by atoms with E-state index in [1.807, 2.05) is 69.6 Å². The third-order valence-electron chi connectivity index (χ3n) is 4.28. The molecule has 2 rings (SSSR count). The third-order valence-corrected chi connectivity index (χ3v) is 4.28. The highest BCUT2D eigenvalue weighted by atomic mass is 16.5. The molecule has 2 amide bonds. The first kappa shape index (κ1) is 18.8. The molecule has 134 valence electrons. The molecule has 0 aromatic heterocycles. The van der Waals surface area contributed by atoms with Crippen LogP contribution in [0, 0.1) is 6.92 Å². The van der Waals surface area contributed by atoms with Gasteiger partial charge in [-0.1, -0.05) is 42.5 Å². The molecule has 0 spiro atoms. The number of carbonyl (C=O) groups is 1. The van der Waals surface area contributed by atoms with Crippen LogP contribution in [0.25, 0.3) is 0 Å². The summed E-state index contributed by atoms with van der Waals surface area (Å²) in [7, 11) is 5.64. The van der Waals surface area contributed by atoms with Gasteiger partial charge in [0.1, 0.15) is 5.75 Å². The van der Waals surface area contributed by atoms with Gasteiger partial charge in [0.25, 0.3) is 0 Å². The van der Waals surface area contributed by atoms with Gasteiger partial charge < -0.3 is 20.3 Å². The number of nitrogens with zero attached hydrogens (tertiary/aromatic N) is 1. The summed E-state index contributed by atoms with van der Waals surface area (Å²) in [6, 6.07) is 15.8. The van der Waals surface area contributed by atoms with Crippen molar-refractivity contribution in [3.8, 4) is 5.75 Å². The number of rotatable bonds is 7. The molecule has 1 atom stereocenters. The number of nitrogens with one attached hydrogen (secondary N) is 2. The number of ether oxygens (including phenoxy) is 1. The number of aryl methyl sites for hydroxylation is 1. The zero-order chi connectivity index (χ0) is 18.2. The summed E-state index contributed by atoms with van der Waals surface area (Å²) in [4.78, 5) is 14.2. The molecule has 0 aliphatic heterocycles. The highest BCUT2D eigenvalue weighted by Crippen LogP contribution is 2.27. The van der Waals surface area contributed by atoms with E-state index >= 15 is 0 Å². The quantitative estimate of drug-likeness (QED) is 0.814. The first-order valence-electron chi connectivity index (χ1n) is 8.38. The van der Waals surface area contributed by atoms with Crippen LogP contribution in [0.15, 0.2) is 48.5 Å². The second-order valence-corrected chi connectivity index (χ2v) is 6.21. The van der Waals surface area contributed by atoms with Crippen molar-refractivity contribution in [3.05, 3.63) is 65.2 Å². The molecule has 0 saturated carbocycles. The first-order valence-corrected chi connectivity index (χ1v) is 8.38. The van der Waals surface area contributed by atoms with E-state index in [2.05, 4.69) is 15.5 Å². The maximum atomic E-state index is 12.2. The number of likely N-dealkylation sites (N-methyl/N-ethyl adjacent to an activating group) is 1. The number of hydrogen-bond acceptors (Lipinski definition) is 3. The second-order valence-electron chi connectivity index (χ2n) is 6.21. The SMILES string of the molecule is COc1ccccc1C(CNC(=O)NCc1ccccc1C)N(C)C. The predicted molar refractivity (Wildman–Crippen MR) is 101 cm³/mol. The lowest BCUT2D eigenvalue weighted by molar-refractivity contribution is 0.231. The zero-order valence-corrected chi connectivity index (χ0v) is 15.4. The Morgan fingerprint density at radius 3 is 2.44 bits per heavy atom. The highest BCUT2D eigenvalue weighted by Gasteiger charge is 2.18. The average Bonchev–Trinajstić information content (AvgIpc) is 2.61. The van der Waals surface area contributed by atoms with Gasteiger partial charge in [0.2, 0.25) is 0 Å². The van der Waals surface area contributed by atoms with Gasteiger partial charge in [-0.2, -0.15) is 0 Å². The summed E-state index contributed by atoms with van der Waals surface area (Å²) in [6.45, 7) is 3.05. The topological polar surface area (TPSA) is 53.6 Å². The van der Waals surface area contributed by atoms with Crippen LogP contribution < -0.4 is 15.4 Å². The van der Waals surface area contributed by atoms with Gasteiger partial charge in [-0.05, 0) is 38.2 Å². The Kier molecular flexibility index (Phi) is 6.83. The van der Waals surface area contributed by atoms with Crippen LogP contribution in [0.3, 0.4) is 0 Å². The van der Waals surface area contributed by atoms with Crippen molar-refractivity contribution in [2.45, 2.75) is 19.5 Å². The second kappa shape index (κ2) is 9.08. The first-order chi connectivity index (χ1) is 12.0. The molecule has 0 heterocycles. The Balaban J connectivity index is 1.95. The van der Waals surface area contributed by atoms with Crippen LogP contribution in [0.1, 0.15) is 22.7 Å². The van der Waals surface area contributed by atoms with Crippen LogP contribution >= 0.6 is 0 Å². The van der Waals surface area contributed by atoms with Gasteiger partial charge in [0.05, 0.1) is 13.2 Å². The summed E-state index contributed by atoms with van der Waals surface area (Å²) < 4.78 is 5.45. The van der Waals surface area contributed by atoms with Gasteiger partial charge in [-0.3, -0.25) is 0 Å². The molecule has 0 bridgehead atoms. The molecular weight excluding hydrogens is 314 g/mol. The molecule has 2 aromatic carbocycles. The Labute approximate surface area is 150 Å². The molecule has 0 fully saturated rings. The normalized spacial score (nSPS) is 11.9. The maximum absolute atomic E-state index is 12.2. The van der Waals surface area contributed by atoms with Gasteiger partial charge in [0, 0.05) is 18.7 Å². The predicted octanol–water partition coefficient (Wildman–Crippen LogP) is 3.11. The summed E-state index contributed by atoms with van der Waals surface area (Å²) in [5, 5.41) is 5.87. The lowest BCUT2D eigenvalue weighted by atomic mass is 10.0. The van der Waals surface area contributed by atoms with Crippen molar-refractivity contribution in [2.24, 2.45) is 0 Å². The number of para-hydroxylation sites is 1. The monoisotopic (exact) mass is 341 g/mol. The minimum absolute atomic E-state index is 0.0281. The standard InChI is InChI=1S/C20H27N3O2/c1-15-9-5-6-10-16(15)13-21-20(24)22-14-18(23(2)3)17-11-7-8-12-19(17)25-4/h5-12,18H,13-14H2,1-4H3,(H2,21,22,24).